The normalized spacial score (nSPS) is 17.5. The molecule has 0 radical (unpaired) electrons. The van der Waals surface area contributed by atoms with E-state index in [0.29, 0.717) is 0 Å². The third-order valence-electron chi connectivity index (χ3n) is 5.26. The first-order chi connectivity index (χ1) is 15.7. The van der Waals surface area contributed by atoms with E-state index < -0.39 is 40.9 Å². The Hall–Kier alpha value is -4.27. The average molecular weight is 455 g/mol. The lowest BCUT2D eigenvalue weighted by Gasteiger charge is -2.26. The summed E-state index contributed by atoms with van der Waals surface area (Å²) in [5.41, 5.74) is -0.279. The number of nitrogens with zero attached hydrogens (tertiary/aromatic N) is 1. The fourth-order valence-corrected chi connectivity index (χ4v) is 3.69. The Morgan fingerprint density at radius 2 is 1.64 bits per heavy atom. The van der Waals surface area contributed by atoms with E-state index in [4.69, 9.17) is 4.74 Å². The smallest absolute Gasteiger partial charge is 0.300 e. The van der Waals surface area contributed by atoms with Crippen molar-refractivity contribution < 1.29 is 37.7 Å². The summed E-state index contributed by atoms with van der Waals surface area (Å²) in [4.78, 5) is 26.8. The van der Waals surface area contributed by atoms with Crippen molar-refractivity contribution in [3.05, 3.63) is 94.8 Å². The molecule has 9 heteroatoms. The summed E-state index contributed by atoms with van der Waals surface area (Å²) < 4.78 is 45.8. The third-order valence-corrected chi connectivity index (χ3v) is 5.26. The van der Waals surface area contributed by atoms with Crippen LogP contribution in [0.15, 0.2) is 66.2 Å². The molecular weight excluding hydrogens is 439 g/mol. The number of aromatic hydroxyl groups is 1. The van der Waals surface area contributed by atoms with Gasteiger partial charge in [0.1, 0.15) is 11.6 Å². The zero-order valence-electron chi connectivity index (χ0n) is 17.1. The number of anilines is 1. The van der Waals surface area contributed by atoms with Crippen molar-refractivity contribution in [2.45, 2.75) is 6.04 Å². The molecule has 1 aliphatic heterocycles. The van der Waals surface area contributed by atoms with E-state index >= 15 is 0 Å². The van der Waals surface area contributed by atoms with Gasteiger partial charge < -0.3 is 14.9 Å². The number of Topliss-reactive ketones (excluding diaryl/α,β-unsaturated/α-hetero) is 1. The lowest BCUT2D eigenvalue weighted by Crippen LogP contribution is -2.29. The summed E-state index contributed by atoms with van der Waals surface area (Å²) in [5, 5.41) is 21.2. The van der Waals surface area contributed by atoms with Crippen molar-refractivity contribution in [3.63, 3.8) is 0 Å². The Bertz CT molecular complexity index is 1300. The van der Waals surface area contributed by atoms with Gasteiger partial charge in [0.05, 0.1) is 18.7 Å². The van der Waals surface area contributed by atoms with Crippen LogP contribution in [0.1, 0.15) is 17.2 Å². The maximum atomic E-state index is 14.0. The number of hydrogen-bond donors (Lipinski definition) is 2. The van der Waals surface area contributed by atoms with E-state index in [1.165, 1.54) is 37.4 Å². The molecule has 6 nitrogen and oxygen atoms in total. The van der Waals surface area contributed by atoms with Crippen LogP contribution in [0.4, 0.5) is 18.9 Å². The van der Waals surface area contributed by atoms with Crippen molar-refractivity contribution in [1.29, 1.82) is 0 Å². The van der Waals surface area contributed by atoms with Crippen molar-refractivity contribution in [1.82, 2.24) is 0 Å². The predicted molar refractivity (Wildman–Crippen MR) is 112 cm³/mol. The fourth-order valence-electron chi connectivity index (χ4n) is 3.69. The Balaban J connectivity index is 1.96. The Morgan fingerprint density at radius 3 is 2.24 bits per heavy atom. The van der Waals surface area contributed by atoms with Gasteiger partial charge in [-0.2, -0.15) is 0 Å². The number of carbonyl (C=O) groups excluding carboxylic acids is 2. The molecule has 0 bridgehead atoms. The highest BCUT2D eigenvalue weighted by molar-refractivity contribution is 6.51. The highest BCUT2D eigenvalue weighted by atomic mass is 19.2. The second-order valence-electron chi connectivity index (χ2n) is 7.21. The molecule has 1 heterocycles. The molecule has 168 valence electrons. The average Bonchev–Trinajstić information content (AvgIpc) is 3.06. The number of aliphatic hydroxyl groups excluding tert-OH is 1. The first-order valence-corrected chi connectivity index (χ1v) is 9.61. The second-order valence-corrected chi connectivity index (χ2v) is 7.21. The highest BCUT2D eigenvalue weighted by Gasteiger charge is 2.47. The number of hydrogen-bond acceptors (Lipinski definition) is 5. The lowest BCUT2D eigenvalue weighted by atomic mass is 9.94. The third kappa shape index (κ3) is 3.78. The van der Waals surface area contributed by atoms with Crippen LogP contribution in [-0.2, 0) is 9.59 Å². The number of methoxy groups -OCH3 is 1. The van der Waals surface area contributed by atoms with Crippen LogP contribution in [-0.4, -0.2) is 29.0 Å². The van der Waals surface area contributed by atoms with Crippen molar-refractivity contribution in [2.75, 3.05) is 12.0 Å². The topological polar surface area (TPSA) is 87.1 Å². The molecule has 0 spiro atoms. The standard InChI is InChI=1S/C24H16F3NO5/c1-33-19-9-4-13(10-18(19)29)21-20(22(30)12-2-5-14(25)6-3-12)23(31)24(32)28(21)15-7-8-16(26)17(27)11-15/h2-11,21,29-30H,1H3/b22-20+. The molecule has 1 amide bonds. The van der Waals surface area contributed by atoms with Crippen molar-refractivity contribution >= 4 is 23.1 Å². The van der Waals surface area contributed by atoms with E-state index in [2.05, 4.69) is 0 Å². The van der Waals surface area contributed by atoms with E-state index in [9.17, 15) is 33.0 Å². The van der Waals surface area contributed by atoms with Gasteiger partial charge in [-0.3, -0.25) is 14.5 Å². The maximum Gasteiger partial charge on any atom is 0.300 e. The van der Waals surface area contributed by atoms with E-state index in [0.717, 1.165) is 35.2 Å². The summed E-state index contributed by atoms with van der Waals surface area (Å²) in [6, 6.07) is 9.96. The molecule has 0 saturated carbocycles. The van der Waals surface area contributed by atoms with E-state index in [1.54, 1.807) is 0 Å². The number of ketones is 1. The molecule has 4 rings (SSSR count). The van der Waals surface area contributed by atoms with E-state index in [1.807, 2.05) is 0 Å². The number of aliphatic hydroxyl groups is 1. The highest BCUT2D eigenvalue weighted by Crippen LogP contribution is 2.44. The van der Waals surface area contributed by atoms with Gasteiger partial charge in [0, 0.05) is 17.3 Å². The zero-order valence-corrected chi connectivity index (χ0v) is 17.1. The molecule has 3 aromatic rings. The van der Waals surface area contributed by atoms with Crippen molar-refractivity contribution in [2.24, 2.45) is 0 Å². The first-order valence-electron chi connectivity index (χ1n) is 9.61. The molecular formula is C24H16F3NO5. The number of phenols is 1. The zero-order chi connectivity index (χ0) is 23.9. The van der Waals surface area contributed by atoms with Gasteiger partial charge >= 0.3 is 0 Å². The minimum atomic E-state index is -1.31. The molecule has 0 aliphatic carbocycles. The van der Waals surface area contributed by atoms with E-state index in [-0.39, 0.29) is 33.9 Å². The summed E-state index contributed by atoms with van der Waals surface area (Å²) in [6.07, 6.45) is 0. The molecule has 1 aliphatic rings. The van der Waals surface area contributed by atoms with Gasteiger partial charge in [-0.05, 0) is 54.1 Å². The van der Waals surface area contributed by atoms with Crippen LogP contribution in [0.5, 0.6) is 11.5 Å². The van der Waals surface area contributed by atoms with Gasteiger partial charge in [-0.25, -0.2) is 13.2 Å². The van der Waals surface area contributed by atoms with Crippen LogP contribution < -0.4 is 9.64 Å². The maximum absolute atomic E-state index is 14.0. The number of rotatable bonds is 4. The summed E-state index contributed by atoms with van der Waals surface area (Å²) >= 11 is 0. The number of benzene rings is 3. The number of halogens is 3. The number of phenolic OH excluding ortho intramolecular Hbond substituents is 1. The van der Waals surface area contributed by atoms with Crippen molar-refractivity contribution in [3.8, 4) is 11.5 Å². The monoisotopic (exact) mass is 455 g/mol. The van der Waals surface area contributed by atoms with Crippen LogP contribution in [0.25, 0.3) is 5.76 Å². The summed E-state index contributed by atoms with van der Waals surface area (Å²) in [7, 11) is 1.33. The van der Waals surface area contributed by atoms with Gasteiger partial charge in [0.15, 0.2) is 23.1 Å². The van der Waals surface area contributed by atoms with Crippen LogP contribution in [0, 0.1) is 17.5 Å². The molecule has 0 aromatic heterocycles. The van der Waals surface area contributed by atoms with Crippen LogP contribution >= 0.6 is 0 Å². The minimum absolute atomic E-state index is 0.0578. The van der Waals surface area contributed by atoms with Crippen LogP contribution in [0.3, 0.4) is 0 Å². The Morgan fingerprint density at radius 1 is 0.939 bits per heavy atom. The predicted octanol–water partition coefficient (Wildman–Crippen LogP) is 4.44. The van der Waals surface area contributed by atoms with Gasteiger partial charge in [0.25, 0.3) is 11.7 Å². The summed E-state index contributed by atoms with van der Waals surface area (Å²) in [5.74, 6) is -5.98. The lowest BCUT2D eigenvalue weighted by molar-refractivity contribution is -0.132. The Kier molecular flexibility index (Phi) is 5.55. The number of carbonyl (C=O) groups is 2. The molecule has 3 aromatic carbocycles. The molecule has 1 saturated heterocycles. The van der Waals surface area contributed by atoms with Gasteiger partial charge in [-0.1, -0.05) is 6.07 Å². The van der Waals surface area contributed by atoms with Gasteiger partial charge in [-0.15, -0.1) is 0 Å². The first kappa shape index (κ1) is 21.9. The minimum Gasteiger partial charge on any atom is -0.507 e. The fraction of sp³-hybridized carbons (Fsp3) is 0.0833. The molecule has 1 fully saturated rings. The second kappa shape index (κ2) is 8.34. The SMILES string of the molecule is COc1ccc(C2/C(=C(\O)c3ccc(F)cc3)C(=O)C(=O)N2c2ccc(F)c(F)c2)cc1O. The molecule has 1 unspecified atom stereocenters. The number of ether oxygens (including phenoxy) is 1. The molecule has 1 atom stereocenters. The largest absolute Gasteiger partial charge is 0.507 e. The molecule has 2 N–H and O–H groups in total. The summed E-state index contributed by atoms with van der Waals surface area (Å²) in [6.45, 7) is 0. The molecule has 33 heavy (non-hydrogen) atoms. The quantitative estimate of drug-likeness (QED) is 0.345. The van der Waals surface area contributed by atoms with Crippen LogP contribution in [0.2, 0.25) is 0 Å². The van der Waals surface area contributed by atoms with Gasteiger partial charge in [0.2, 0.25) is 0 Å². The number of amides is 1. The Labute approximate surface area is 185 Å².